The van der Waals surface area contributed by atoms with Crippen LogP contribution in [0.2, 0.25) is 5.02 Å². The maximum absolute atomic E-state index is 11.2. The van der Waals surface area contributed by atoms with Crippen LogP contribution in [0.15, 0.2) is 54.9 Å². The van der Waals surface area contributed by atoms with Crippen LogP contribution in [0.1, 0.15) is 13.8 Å². The van der Waals surface area contributed by atoms with E-state index in [-0.39, 0.29) is 5.88 Å². The van der Waals surface area contributed by atoms with E-state index in [1.807, 2.05) is 18.2 Å². The Morgan fingerprint density at radius 1 is 1.04 bits per heavy atom. The molecule has 6 nitrogen and oxygen atoms in total. The summed E-state index contributed by atoms with van der Waals surface area (Å²) >= 11 is 5.94. The van der Waals surface area contributed by atoms with Gasteiger partial charge >= 0.3 is 5.97 Å². The minimum Gasteiger partial charge on any atom is -0.478 e. The molecule has 2 aromatic heterocycles. The highest BCUT2D eigenvalue weighted by Crippen LogP contribution is 2.30. The van der Waals surface area contributed by atoms with Crippen molar-refractivity contribution in [1.29, 1.82) is 0 Å². The van der Waals surface area contributed by atoms with Gasteiger partial charge in [-0.3, -0.25) is 0 Å². The number of carboxylic acid groups (broad SMARTS) is 1. The van der Waals surface area contributed by atoms with Gasteiger partial charge in [0.15, 0.2) is 0 Å². The molecule has 3 aromatic rings. The van der Waals surface area contributed by atoms with Crippen LogP contribution < -0.4 is 10.5 Å². The van der Waals surface area contributed by atoms with Gasteiger partial charge in [0.2, 0.25) is 11.5 Å². The first-order chi connectivity index (χ1) is 12.8. The SMILES string of the molecule is CC(C)(Oc1ccc(-c2cnc(N)c(-c3ccc(Cl)cc3)c2)cn1)C(=O)O. The number of carboxylic acids is 1. The van der Waals surface area contributed by atoms with Crippen molar-refractivity contribution in [2.45, 2.75) is 19.4 Å². The minimum absolute atomic E-state index is 0.229. The number of nitrogens with zero attached hydrogens (tertiary/aromatic N) is 2. The second-order valence-corrected chi connectivity index (χ2v) is 6.90. The number of ether oxygens (including phenoxy) is 1. The van der Waals surface area contributed by atoms with E-state index in [0.717, 1.165) is 22.3 Å². The normalized spacial score (nSPS) is 11.2. The Morgan fingerprint density at radius 2 is 1.67 bits per heavy atom. The topological polar surface area (TPSA) is 98.3 Å². The lowest BCUT2D eigenvalue weighted by Gasteiger charge is -2.20. The van der Waals surface area contributed by atoms with Gasteiger partial charge in [-0.1, -0.05) is 23.7 Å². The number of rotatable bonds is 5. The van der Waals surface area contributed by atoms with Crippen LogP contribution >= 0.6 is 11.6 Å². The molecule has 3 rings (SSSR count). The molecule has 3 N–H and O–H groups in total. The summed E-state index contributed by atoms with van der Waals surface area (Å²) in [5, 5.41) is 9.78. The van der Waals surface area contributed by atoms with Gasteiger partial charge in [-0.05, 0) is 43.7 Å². The Kier molecular flexibility index (Phi) is 5.01. The average Bonchev–Trinajstić information content (AvgIpc) is 2.63. The van der Waals surface area contributed by atoms with E-state index in [1.165, 1.54) is 13.8 Å². The summed E-state index contributed by atoms with van der Waals surface area (Å²) in [6.07, 6.45) is 3.26. The smallest absolute Gasteiger partial charge is 0.347 e. The molecule has 0 amide bonds. The van der Waals surface area contributed by atoms with Crippen molar-refractivity contribution >= 4 is 23.4 Å². The Balaban J connectivity index is 1.90. The van der Waals surface area contributed by atoms with E-state index in [9.17, 15) is 4.79 Å². The predicted molar refractivity (Wildman–Crippen MR) is 105 cm³/mol. The molecular weight excluding hydrogens is 366 g/mol. The van der Waals surface area contributed by atoms with Gasteiger partial charge in [0.05, 0.1) is 0 Å². The zero-order valence-corrected chi connectivity index (χ0v) is 15.6. The Hall–Kier alpha value is -3.12. The van der Waals surface area contributed by atoms with Gasteiger partial charge in [0, 0.05) is 40.2 Å². The highest BCUT2D eigenvalue weighted by atomic mass is 35.5. The number of nitrogen functional groups attached to an aromatic ring is 1. The Morgan fingerprint density at radius 3 is 2.26 bits per heavy atom. The molecule has 0 saturated carbocycles. The van der Waals surface area contributed by atoms with Crippen molar-refractivity contribution in [3.8, 4) is 28.1 Å². The summed E-state index contributed by atoms with van der Waals surface area (Å²) in [5.41, 5.74) is 7.98. The summed E-state index contributed by atoms with van der Waals surface area (Å²) in [5.74, 6) is -0.423. The lowest BCUT2D eigenvalue weighted by atomic mass is 10.0. The fraction of sp³-hybridized carbons (Fsp3) is 0.150. The molecule has 0 atom stereocenters. The van der Waals surface area contributed by atoms with Gasteiger partial charge in [0.25, 0.3) is 0 Å². The summed E-state index contributed by atoms with van der Waals surface area (Å²) < 4.78 is 5.42. The van der Waals surface area contributed by atoms with Crippen molar-refractivity contribution in [3.63, 3.8) is 0 Å². The molecule has 0 aliphatic heterocycles. The number of anilines is 1. The monoisotopic (exact) mass is 383 g/mol. The zero-order chi connectivity index (χ0) is 19.6. The van der Waals surface area contributed by atoms with E-state index in [0.29, 0.717) is 10.8 Å². The molecule has 0 unspecified atom stereocenters. The lowest BCUT2D eigenvalue weighted by Crippen LogP contribution is -2.38. The van der Waals surface area contributed by atoms with Crippen LogP contribution in [0.25, 0.3) is 22.3 Å². The molecule has 0 radical (unpaired) electrons. The van der Waals surface area contributed by atoms with Crippen LogP contribution in [0.5, 0.6) is 5.88 Å². The third kappa shape index (κ3) is 4.17. The van der Waals surface area contributed by atoms with Crippen LogP contribution in [-0.4, -0.2) is 26.6 Å². The molecule has 7 heteroatoms. The van der Waals surface area contributed by atoms with Gasteiger partial charge in [0.1, 0.15) is 5.82 Å². The quantitative estimate of drug-likeness (QED) is 0.682. The summed E-state index contributed by atoms with van der Waals surface area (Å²) in [4.78, 5) is 19.6. The van der Waals surface area contributed by atoms with Crippen molar-refractivity contribution in [2.75, 3.05) is 5.73 Å². The molecular formula is C20H18ClN3O3. The average molecular weight is 384 g/mol. The number of benzene rings is 1. The highest BCUT2D eigenvalue weighted by molar-refractivity contribution is 6.30. The fourth-order valence-electron chi connectivity index (χ4n) is 2.41. The molecule has 0 aliphatic carbocycles. The van der Waals surface area contributed by atoms with E-state index in [4.69, 9.17) is 27.2 Å². The lowest BCUT2D eigenvalue weighted by molar-refractivity contribution is -0.152. The maximum Gasteiger partial charge on any atom is 0.347 e. The number of aromatic nitrogens is 2. The largest absolute Gasteiger partial charge is 0.478 e. The molecule has 0 fully saturated rings. The van der Waals surface area contributed by atoms with Crippen molar-refractivity contribution in [2.24, 2.45) is 0 Å². The van der Waals surface area contributed by atoms with E-state index >= 15 is 0 Å². The first kappa shape index (κ1) is 18.7. The Labute approximate surface area is 161 Å². The number of aliphatic carboxylic acids is 1. The van der Waals surface area contributed by atoms with Crippen LogP contribution in [0.4, 0.5) is 5.82 Å². The molecule has 1 aromatic carbocycles. The summed E-state index contributed by atoms with van der Waals surface area (Å²) in [6, 6.07) is 12.7. The summed E-state index contributed by atoms with van der Waals surface area (Å²) in [7, 11) is 0. The second kappa shape index (κ2) is 7.25. The van der Waals surface area contributed by atoms with Crippen molar-refractivity contribution in [3.05, 3.63) is 59.9 Å². The number of hydrogen-bond acceptors (Lipinski definition) is 5. The second-order valence-electron chi connectivity index (χ2n) is 6.47. The Bertz CT molecular complexity index is 971. The fourth-order valence-corrected chi connectivity index (χ4v) is 2.54. The summed E-state index contributed by atoms with van der Waals surface area (Å²) in [6.45, 7) is 2.93. The van der Waals surface area contributed by atoms with Crippen LogP contribution in [-0.2, 0) is 4.79 Å². The molecule has 0 saturated heterocycles. The first-order valence-corrected chi connectivity index (χ1v) is 8.54. The number of nitrogens with two attached hydrogens (primary N) is 1. The van der Waals surface area contributed by atoms with Gasteiger partial charge in [-0.2, -0.15) is 0 Å². The number of hydrogen-bond donors (Lipinski definition) is 2. The molecule has 0 bridgehead atoms. The first-order valence-electron chi connectivity index (χ1n) is 8.16. The van der Waals surface area contributed by atoms with E-state index in [1.54, 1.807) is 36.7 Å². The minimum atomic E-state index is -1.36. The number of pyridine rings is 2. The van der Waals surface area contributed by atoms with Crippen molar-refractivity contribution in [1.82, 2.24) is 9.97 Å². The molecule has 0 aliphatic rings. The highest BCUT2D eigenvalue weighted by Gasteiger charge is 2.29. The third-order valence-corrected chi connectivity index (χ3v) is 4.27. The molecule has 0 spiro atoms. The van der Waals surface area contributed by atoms with Gasteiger partial charge < -0.3 is 15.6 Å². The van der Waals surface area contributed by atoms with Crippen LogP contribution in [0.3, 0.4) is 0 Å². The van der Waals surface area contributed by atoms with Gasteiger partial charge in [-0.25, -0.2) is 14.8 Å². The number of carbonyl (C=O) groups is 1. The third-order valence-electron chi connectivity index (χ3n) is 4.02. The number of halogens is 1. The zero-order valence-electron chi connectivity index (χ0n) is 14.8. The van der Waals surface area contributed by atoms with Crippen molar-refractivity contribution < 1.29 is 14.6 Å². The van der Waals surface area contributed by atoms with Crippen LogP contribution in [0, 0.1) is 0 Å². The molecule has 2 heterocycles. The standard InChI is InChI=1S/C20H18ClN3O3/c1-20(2,19(25)26)27-17-8-5-13(10-23-17)14-9-16(18(22)24-11-14)12-3-6-15(21)7-4-12/h3-11H,1-2H3,(H2,22,24)(H,25,26). The van der Waals surface area contributed by atoms with E-state index in [2.05, 4.69) is 9.97 Å². The predicted octanol–water partition coefficient (Wildman–Crippen LogP) is 4.29. The maximum atomic E-state index is 11.2. The van der Waals surface area contributed by atoms with E-state index < -0.39 is 11.6 Å². The molecule has 27 heavy (non-hydrogen) atoms. The molecule has 138 valence electrons. The van der Waals surface area contributed by atoms with Gasteiger partial charge in [-0.15, -0.1) is 0 Å².